The van der Waals surface area contributed by atoms with E-state index in [4.69, 9.17) is 38.1 Å². The number of carbonyl (C=O) groups excluding carboxylic acids is 7. The lowest BCUT2D eigenvalue weighted by Crippen LogP contribution is -2.50. The van der Waals surface area contributed by atoms with Gasteiger partial charge in [0.2, 0.25) is 5.91 Å². The zero-order chi connectivity index (χ0) is 77.0. The number of halogens is 2. The van der Waals surface area contributed by atoms with Crippen LogP contribution in [0, 0.1) is 28.5 Å². The maximum atomic E-state index is 12.9. The molecule has 6 heterocycles. The zero-order valence-electron chi connectivity index (χ0n) is 58.0. The van der Waals surface area contributed by atoms with Gasteiger partial charge < -0.3 is 51.0 Å². The highest BCUT2D eigenvalue weighted by atomic mass is 35.5. The van der Waals surface area contributed by atoms with E-state index < -0.39 is 59.1 Å². The lowest BCUT2D eigenvalue weighted by molar-refractivity contribution is -0.143. The van der Waals surface area contributed by atoms with Crippen molar-refractivity contribution < 1.29 is 72.0 Å². The number of carbonyl (C=O) groups is 9. The van der Waals surface area contributed by atoms with Crippen LogP contribution in [0.4, 0.5) is 4.39 Å². The first-order valence-corrected chi connectivity index (χ1v) is 33.2. The second-order valence-electron chi connectivity index (χ2n) is 22.5. The second kappa shape index (κ2) is 46.7. The fourth-order valence-corrected chi connectivity index (χ4v) is 9.36. The summed E-state index contributed by atoms with van der Waals surface area (Å²) >= 11 is 5.31. The van der Waals surface area contributed by atoms with Crippen molar-refractivity contribution in [3.05, 3.63) is 205 Å². The number of nitrogens with two attached hydrogens (primary N) is 1. The van der Waals surface area contributed by atoms with E-state index in [0.29, 0.717) is 46.6 Å². The molecule has 0 aliphatic carbocycles. The van der Waals surface area contributed by atoms with E-state index in [1.54, 1.807) is 147 Å². The number of carboxylic acids is 2. The molecule has 35 heteroatoms. The Bertz CT molecular complexity index is 4220. The zero-order valence-corrected chi connectivity index (χ0v) is 58.8. The van der Waals surface area contributed by atoms with Gasteiger partial charge in [0, 0.05) is 49.0 Å². The third kappa shape index (κ3) is 30.4. The average Bonchev–Trinajstić information content (AvgIpc) is 1.38. The molecule has 2 aliphatic rings. The number of ether oxygens (including phenoxy) is 3. The molecule has 2 aliphatic heterocycles. The highest BCUT2D eigenvalue weighted by molar-refractivity contribution is 6.67. The lowest BCUT2D eigenvalue weighted by Gasteiger charge is -2.30. The first-order chi connectivity index (χ1) is 51.2. The van der Waals surface area contributed by atoms with Gasteiger partial charge in [-0.15, -0.1) is 20.4 Å². The third-order valence-electron chi connectivity index (χ3n) is 15.1. The Hall–Kier alpha value is -12.8. The first-order valence-electron chi connectivity index (χ1n) is 32.8. The quantitative estimate of drug-likeness (QED) is 0.0260. The fourth-order valence-electron chi connectivity index (χ4n) is 9.23. The Kier molecular flexibility index (Phi) is 36.9. The summed E-state index contributed by atoms with van der Waals surface area (Å²) in [5, 5.41) is 72.4. The van der Waals surface area contributed by atoms with Gasteiger partial charge in [0.15, 0.2) is 0 Å². The van der Waals surface area contributed by atoms with Crippen LogP contribution in [0.5, 0.6) is 0 Å². The van der Waals surface area contributed by atoms with Gasteiger partial charge in [-0.25, -0.2) is 27.9 Å². The highest BCUT2D eigenvalue weighted by Gasteiger charge is 2.28. The van der Waals surface area contributed by atoms with E-state index in [0.717, 1.165) is 36.3 Å². The van der Waals surface area contributed by atoms with E-state index in [9.17, 15) is 47.5 Å². The van der Waals surface area contributed by atoms with Crippen LogP contribution in [0.1, 0.15) is 119 Å². The minimum Gasteiger partial charge on any atom is -0.480 e. The normalized spacial score (nSPS) is 12.5. The molecule has 3 atom stereocenters. The van der Waals surface area contributed by atoms with Crippen molar-refractivity contribution in [1.29, 1.82) is 10.5 Å². The molecule has 0 saturated carbocycles. The molecule has 106 heavy (non-hydrogen) atoms. The number of methoxy groups -OCH3 is 3. The number of amides is 3. The summed E-state index contributed by atoms with van der Waals surface area (Å²) in [6.07, 6.45) is 20.6. The molecule has 4 aromatic heterocycles. The van der Waals surface area contributed by atoms with Gasteiger partial charge in [-0.2, -0.15) is 10.5 Å². The predicted molar refractivity (Wildman–Crippen MR) is 378 cm³/mol. The van der Waals surface area contributed by atoms with E-state index >= 15 is 0 Å². The summed E-state index contributed by atoms with van der Waals surface area (Å²) < 4.78 is 31.9. The number of hydrogen-bond acceptors (Lipinski definition) is 24. The second-order valence-corrected chi connectivity index (χ2v) is 22.8. The number of aromatic nitrogens is 12. The first kappa shape index (κ1) is 83.9. The Morgan fingerprint density at radius 1 is 0.500 bits per heavy atom. The number of rotatable bonds is 21. The number of nitrogens with one attached hydrogen (secondary N) is 3. The molecule has 0 unspecified atom stereocenters. The topological polar surface area (TPSA) is 458 Å². The maximum absolute atomic E-state index is 12.9. The van der Waals surface area contributed by atoms with Gasteiger partial charge in [0.05, 0.1) is 117 Å². The number of piperidine rings is 2. The van der Waals surface area contributed by atoms with Crippen LogP contribution in [-0.4, -0.2) is 194 Å². The monoisotopic (exact) mass is 1480 g/mol. The van der Waals surface area contributed by atoms with Crippen LogP contribution in [-0.2, 0) is 43.0 Å². The van der Waals surface area contributed by atoms with E-state index in [-0.39, 0.29) is 56.2 Å². The van der Waals surface area contributed by atoms with Gasteiger partial charge in [-0.05, 0) is 197 Å². The Labute approximate surface area is 613 Å². The minimum atomic E-state index is -1.22. The van der Waals surface area contributed by atoms with Crippen molar-refractivity contribution in [3.8, 4) is 34.9 Å². The van der Waals surface area contributed by atoms with Crippen molar-refractivity contribution in [3.63, 3.8) is 0 Å². The summed E-state index contributed by atoms with van der Waals surface area (Å²) in [6.45, 7) is 3.85. The maximum Gasteiger partial charge on any atom is 0.326 e. The lowest BCUT2D eigenvalue weighted by atomic mass is 10.1. The van der Waals surface area contributed by atoms with Crippen LogP contribution in [0.3, 0.4) is 0 Å². The number of likely N-dealkylation sites (tertiary alicyclic amines) is 1. The molecule has 3 amide bonds. The molecule has 9 aromatic rings. The standard InChI is InChI=1S/C20H25N5O4.C15H16N4O5.C9H6ClN3O.C9H6N4.C7H4FN.C6H11NO4.C5H11N/c1-29-18(26)10-9-17(20(28)24-12-3-2-4-13-24)22-19(27)15-5-7-16(8-6-15)25-14-11-21-23-25;1-24-13(20)7-6-12(15(22)23)17-14(21)10-2-4-11(5-3-10)19-9-8-16-18-19;10-9(14)7-1-3-8(4-2-7)13-6-5-11-12-13;10-7-8-1-3-9(4-2-8)13-6-5-11-12-13;8-7-3-1-6(5-9)2-4-7;1-11-5(8)3-2-4(7)6(9)10;1-2-4-6-5-3-1/h5-8,11,14,17H,2-4,9-10,12-13H2,1H3,(H,22,27);2-5,8-9,12H,6-7H2,1H3,(H,17,21)(H,22,23);1-6H;1-6H;1-4H;4H,2-3,7H2,1H3,(H,9,10);6H,1-5H2/t17-;12-;;;;4-;/m00...0./s1. The summed E-state index contributed by atoms with van der Waals surface area (Å²) in [7, 11) is 3.76. The van der Waals surface area contributed by atoms with Crippen LogP contribution < -0.4 is 21.7 Å². The molecule has 33 nitrogen and oxygen atoms in total. The van der Waals surface area contributed by atoms with Crippen molar-refractivity contribution in [1.82, 2.24) is 80.8 Å². The number of carboxylic acid groups (broad SMARTS) is 2. The van der Waals surface area contributed by atoms with E-state index in [2.05, 4.69) is 77.5 Å². The Balaban J connectivity index is 0.000000235. The predicted octanol–water partition coefficient (Wildman–Crippen LogP) is 6.33. The number of benzene rings is 5. The molecule has 0 spiro atoms. The molecule has 2 fully saturated rings. The van der Waals surface area contributed by atoms with Crippen molar-refractivity contribution in [2.45, 2.75) is 95.2 Å². The summed E-state index contributed by atoms with van der Waals surface area (Å²) in [4.78, 5) is 105. The van der Waals surface area contributed by atoms with E-state index in [1.165, 1.54) is 88.8 Å². The van der Waals surface area contributed by atoms with Gasteiger partial charge in [-0.1, -0.05) is 27.3 Å². The molecule has 2 saturated heterocycles. The molecular formula is C71H79ClFN19O14. The Morgan fingerprint density at radius 3 is 1.15 bits per heavy atom. The van der Waals surface area contributed by atoms with Crippen LogP contribution in [0.15, 0.2) is 171 Å². The summed E-state index contributed by atoms with van der Waals surface area (Å²) in [6, 6.07) is 33.6. The molecule has 0 bridgehead atoms. The van der Waals surface area contributed by atoms with E-state index in [1.807, 2.05) is 18.2 Å². The van der Waals surface area contributed by atoms with Crippen LogP contribution in [0.25, 0.3) is 22.7 Å². The smallest absolute Gasteiger partial charge is 0.326 e. The van der Waals surface area contributed by atoms with Gasteiger partial charge in [-0.3, -0.25) is 38.4 Å². The van der Waals surface area contributed by atoms with Crippen molar-refractivity contribution >= 4 is 64.4 Å². The Morgan fingerprint density at radius 2 is 0.840 bits per heavy atom. The van der Waals surface area contributed by atoms with Gasteiger partial charge in [0.25, 0.3) is 17.1 Å². The number of aliphatic carboxylic acids is 2. The minimum absolute atomic E-state index is 0.0456. The van der Waals surface area contributed by atoms with Crippen LogP contribution in [0.2, 0.25) is 0 Å². The molecular weight excluding hydrogens is 1400 g/mol. The van der Waals surface area contributed by atoms with Gasteiger partial charge in [0.1, 0.15) is 23.9 Å². The molecule has 5 aromatic carbocycles. The van der Waals surface area contributed by atoms with Gasteiger partial charge >= 0.3 is 29.8 Å². The highest BCUT2D eigenvalue weighted by Crippen LogP contribution is 2.16. The SMILES string of the molecule is C1CCNCC1.COC(=O)CC[C@H](N)C(=O)O.COC(=O)CC[C@H](NC(=O)c1ccc(-n2ccnn2)cc1)C(=O)N1CCCCC1.COC(=O)CC[C@H](NC(=O)c1ccc(-n2ccnn2)cc1)C(=O)O.N#Cc1ccc(-n2ccnn2)cc1.N#Cc1ccc(F)cc1.O=C(Cl)c1ccc(-n2ccnn2)cc1. The molecule has 11 rings (SSSR count). The fraction of sp³-hybridized carbons (Fsp3) is 0.310. The molecule has 0 radical (unpaired) electrons. The van der Waals surface area contributed by atoms with Crippen molar-refractivity contribution in [2.24, 2.45) is 5.73 Å². The largest absolute Gasteiger partial charge is 0.480 e. The number of nitriles is 2. The summed E-state index contributed by atoms with van der Waals surface area (Å²) in [5.74, 6) is -5.08. The number of nitrogens with zero attached hydrogens (tertiary/aromatic N) is 15. The number of hydrogen-bond donors (Lipinski definition) is 6. The third-order valence-corrected chi connectivity index (χ3v) is 15.3. The number of esters is 3. The molecule has 556 valence electrons. The molecule has 7 N–H and O–H groups in total. The van der Waals surface area contributed by atoms with Crippen LogP contribution >= 0.6 is 11.6 Å². The average molecular weight is 1480 g/mol. The summed E-state index contributed by atoms with van der Waals surface area (Å²) in [5.41, 5.74) is 10.6. The van der Waals surface area contributed by atoms with Crippen molar-refractivity contribution in [2.75, 3.05) is 47.5 Å².